The summed E-state index contributed by atoms with van der Waals surface area (Å²) in [4.78, 5) is 28.4. The average molecular weight is 397 g/mol. The van der Waals surface area contributed by atoms with Crippen LogP contribution in [0.2, 0.25) is 0 Å². The summed E-state index contributed by atoms with van der Waals surface area (Å²) >= 11 is 0. The van der Waals surface area contributed by atoms with Gasteiger partial charge in [0.2, 0.25) is 5.91 Å². The standard InChI is InChI=1S/C23H28FN3O2/c1-4-13-25-23(29)27(17-18-9-11-20(24)12-10-18)21-8-6-7-19(15-21)16-22(28)26(3)14-5-2/h4,6-12,15H,1,5,13-14,16-17H2,2-3H3,(H,25,29). The number of carbonyl (C=O) groups excluding carboxylic acids is 2. The third-order valence-electron chi connectivity index (χ3n) is 4.46. The molecule has 5 nitrogen and oxygen atoms in total. The van der Waals surface area contributed by atoms with Gasteiger partial charge in [-0.25, -0.2) is 9.18 Å². The molecule has 0 atom stereocenters. The van der Waals surface area contributed by atoms with Crippen molar-refractivity contribution < 1.29 is 14.0 Å². The third-order valence-corrected chi connectivity index (χ3v) is 4.46. The van der Waals surface area contributed by atoms with Gasteiger partial charge in [-0.1, -0.05) is 37.3 Å². The minimum Gasteiger partial charge on any atom is -0.345 e. The number of nitrogens with one attached hydrogen (secondary N) is 1. The normalized spacial score (nSPS) is 10.3. The lowest BCUT2D eigenvalue weighted by Gasteiger charge is -2.24. The van der Waals surface area contributed by atoms with Gasteiger partial charge in [0.15, 0.2) is 0 Å². The van der Waals surface area contributed by atoms with Gasteiger partial charge in [-0.3, -0.25) is 9.69 Å². The summed E-state index contributed by atoms with van der Waals surface area (Å²) in [6.45, 7) is 6.96. The van der Waals surface area contributed by atoms with Crippen molar-refractivity contribution in [2.24, 2.45) is 0 Å². The lowest BCUT2D eigenvalue weighted by Crippen LogP contribution is -2.39. The Morgan fingerprint density at radius 2 is 1.86 bits per heavy atom. The summed E-state index contributed by atoms with van der Waals surface area (Å²) in [5.41, 5.74) is 2.29. The first-order valence-corrected chi connectivity index (χ1v) is 9.68. The molecule has 0 fully saturated rings. The number of benzene rings is 2. The summed E-state index contributed by atoms with van der Waals surface area (Å²) in [5, 5.41) is 2.78. The van der Waals surface area contributed by atoms with E-state index >= 15 is 0 Å². The first-order chi connectivity index (χ1) is 13.9. The van der Waals surface area contributed by atoms with Crippen LogP contribution in [0, 0.1) is 5.82 Å². The van der Waals surface area contributed by atoms with Crippen LogP contribution in [0.1, 0.15) is 24.5 Å². The lowest BCUT2D eigenvalue weighted by atomic mass is 10.1. The Labute approximate surface area is 171 Å². The number of rotatable bonds is 9. The molecule has 2 rings (SSSR count). The Bertz CT molecular complexity index is 836. The molecule has 2 aromatic carbocycles. The van der Waals surface area contributed by atoms with Gasteiger partial charge in [0, 0.05) is 25.8 Å². The molecule has 0 saturated carbocycles. The van der Waals surface area contributed by atoms with E-state index in [2.05, 4.69) is 11.9 Å². The van der Waals surface area contributed by atoms with Crippen LogP contribution in [0.15, 0.2) is 61.2 Å². The van der Waals surface area contributed by atoms with Crippen molar-refractivity contribution in [3.05, 3.63) is 78.1 Å². The molecule has 3 amide bonds. The van der Waals surface area contributed by atoms with Crippen LogP contribution < -0.4 is 10.2 Å². The van der Waals surface area contributed by atoms with E-state index < -0.39 is 0 Å². The molecule has 0 spiro atoms. The summed E-state index contributed by atoms with van der Waals surface area (Å²) in [7, 11) is 1.79. The first-order valence-electron chi connectivity index (χ1n) is 9.68. The second-order valence-corrected chi connectivity index (χ2v) is 6.85. The maximum absolute atomic E-state index is 13.2. The van der Waals surface area contributed by atoms with E-state index in [1.807, 2.05) is 31.2 Å². The Hall–Kier alpha value is -3.15. The Kier molecular flexibility index (Phi) is 8.40. The van der Waals surface area contributed by atoms with E-state index in [4.69, 9.17) is 0 Å². The van der Waals surface area contributed by atoms with E-state index in [1.54, 1.807) is 35.1 Å². The predicted octanol–water partition coefficient (Wildman–Crippen LogP) is 4.14. The number of urea groups is 1. The highest BCUT2D eigenvalue weighted by atomic mass is 19.1. The zero-order valence-corrected chi connectivity index (χ0v) is 17.0. The molecule has 0 saturated heterocycles. The predicted molar refractivity (Wildman–Crippen MR) is 114 cm³/mol. The number of hydrogen-bond acceptors (Lipinski definition) is 2. The van der Waals surface area contributed by atoms with Gasteiger partial charge in [-0.05, 0) is 41.8 Å². The van der Waals surface area contributed by atoms with Crippen molar-refractivity contribution in [1.82, 2.24) is 10.2 Å². The second kappa shape index (κ2) is 11.0. The van der Waals surface area contributed by atoms with Crippen molar-refractivity contribution in [3.63, 3.8) is 0 Å². The zero-order valence-electron chi connectivity index (χ0n) is 17.0. The molecule has 0 aliphatic carbocycles. The van der Waals surface area contributed by atoms with E-state index in [-0.39, 0.29) is 30.7 Å². The van der Waals surface area contributed by atoms with Gasteiger partial charge in [-0.15, -0.1) is 6.58 Å². The third kappa shape index (κ3) is 6.75. The van der Waals surface area contributed by atoms with E-state index in [9.17, 15) is 14.0 Å². The summed E-state index contributed by atoms with van der Waals surface area (Å²) < 4.78 is 13.2. The van der Waals surface area contributed by atoms with Gasteiger partial charge in [0.1, 0.15) is 5.82 Å². The van der Waals surface area contributed by atoms with Crippen LogP contribution in [0.3, 0.4) is 0 Å². The molecule has 29 heavy (non-hydrogen) atoms. The number of amides is 3. The first kappa shape index (κ1) is 22.1. The Morgan fingerprint density at radius 1 is 1.14 bits per heavy atom. The SMILES string of the molecule is C=CCNC(=O)N(Cc1ccc(F)cc1)c1cccc(CC(=O)N(C)CCC)c1. The number of hydrogen-bond donors (Lipinski definition) is 1. The molecular weight excluding hydrogens is 369 g/mol. The number of anilines is 1. The number of nitrogens with zero attached hydrogens (tertiary/aromatic N) is 2. The lowest BCUT2D eigenvalue weighted by molar-refractivity contribution is -0.129. The van der Waals surface area contributed by atoms with Crippen LogP contribution in [0.4, 0.5) is 14.9 Å². The van der Waals surface area contributed by atoms with Crippen LogP contribution in [-0.2, 0) is 17.8 Å². The van der Waals surface area contributed by atoms with Gasteiger partial charge in [-0.2, -0.15) is 0 Å². The van der Waals surface area contributed by atoms with E-state index in [0.717, 1.165) is 17.5 Å². The van der Waals surface area contributed by atoms with Crippen LogP contribution >= 0.6 is 0 Å². The maximum Gasteiger partial charge on any atom is 0.322 e. The summed E-state index contributed by atoms with van der Waals surface area (Å²) in [6, 6.07) is 13.1. The number of carbonyl (C=O) groups is 2. The minimum absolute atomic E-state index is 0.0326. The smallest absolute Gasteiger partial charge is 0.322 e. The quantitative estimate of drug-likeness (QED) is 0.647. The van der Waals surface area contributed by atoms with Crippen molar-refractivity contribution in [3.8, 4) is 0 Å². The second-order valence-electron chi connectivity index (χ2n) is 6.85. The maximum atomic E-state index is 13.2. The molecule has 0 bridgehead atoms. The van der Waals surface area contributed by atoms with E-state index in [0.29, 0.717) is 18.8 Å². The van der Waals surface area contributed by atoms with Crippen LogP contribution in [0.5, 0.6) is 0 Å². The highest BCUT2D eigenvalue weighted by molar-refractivity contribution is 5.92. The summed E-state index contributed by atoms with van der Waals surface area (Å²) in [6.07, 6.45) is 2.77. The molecule has 0 heterocycles. The fourth-order valence-electron chi connectivity index (χ4n) is 2.91. The summed E-state index contributed by atoms with van der Waals surface area (Å²) in [5.74, 6) is -0.293. The van der Waals surface area contributed by atoms with E-state index in [1.165, 1.54) is 12.1 Å². The topological polar surface area (TPSA) is 52.7 Å². The van der Waals surface area contributed by atoms with Gasteiger partial charge in [0.05, 0.1) is 13.0 Å². The molecular formula is C23H28FN3O2. The van der Waals surface area contributed by atoms with Gasteiger partial charge < -0.3 is 10.2 Å². The molecule has 0 aromatic heterocycles. The molecule has 0 aliphatic rings. The van der Waals surface area contributed by atoms with Gasteiger partial charge >= 0.3 is 6.03 Å². The molecule has 0 aliphatic heterocycles. The fraction of sp³-hybridized carbons (Fsp3) is 0.304. The van der Waals surface area contributed by atoms with Crippen molar-refractivity contribution in [1.29, 1.82) is 0 Å². The van der Waals surface area contributed by atoms with Crippen molar-refractivity contribution in [2.45, 2.75) is 26.3 Å². The van der Waals surface area contributed by atoms with Crippen LogP contribution in [-0.4, -0.2) is 37.0 Å². The number of halogens is 1. The molecule has 1 N–H and O–H groups in total. The Balaban J connectivity index is 2.24. The van der Waals surface area contributed by atoms with Gasteiger partial charge in [0.25, 0.3) is 0 Å². The molecule has 2 aromatic rings. The monoisotopic (exact) mass is 397 g/mol. The largest absolute Gasteiger partial charge is 0.345 e. The van der Waals surface area contributed by atoms with Crippen LogP contribution in [0.25, 0.3) is 0 Å². The molecule has 154 valence electrons. The molecule has 6 heteroatoms. The zero-order chi connectivity index (χ0) is 21.2. The van der Waals surface area contributed by atoms with Crippen molar-refractivity contribution in [2.75, 3.05) is 25.0 Å². The number of likely N-dealkylation sites (N-methyl/N-ethyl adjacent to an activating group) is 1. The fourth-order valence-corrected chi connectivity index (χ4v) is 2.91. The minimum atomic E-state index is -0.326. The molecule has 0 unspecified atom stereocenters. The highest BCUT2D eigenvalue weighted by Crippen LogP contribution is 2.20. The van der Waals surface area contributed by atoms with Crippen molar-refractivity contribution >= 4 is 17.6 Å². The molecule has 0 radical (unpaired) electrons. The Morgan fingerprint density at radius 3 is 2.52 bits per heavy atom. The highest BCUT2D eigenvalue weighted by Gasteiger charge is 2.17. The average Bonchev–Trinajstić information content (AvgIpc) is 2.72.